The van der Waals surface area contributed by atoms with Crippen molar-refractivity contribution < 1.29 is 0 Å². The van der Waals surface area contributed by atoms with Crippen LogP contribution in [0.3, 0.4) is 0 Å². The molecule has 0 amide bonds. The van der Waals surface area contributed by atoms with Crippen LogP contribution < -0.4 is 5.32 Å². The van der Waals surface area contributed by atoms with Gasteiger partial charge in [-0.25, -0.2) is 0 Å². The average Bonchev–Trinajstić information content (AvgIpc) is 2.04. The van der Waals surface area contributed by atoms with Gasteiger partial charge < -0.3 is 5.32 Å². The molecule has 0 aromatic heterocycles. The van der Waals surface area contributed by atoms with E-state index in [4.69, 9.17) is 0 Å². The SMILES string of the molecule is C=CC/C=C\CC(NC)C(C)C. The van der Waals surface area contributed by atoms with Crippen molar-refractivity contribution in [3.05, 3.63) is 24.8 Å². The predicted octanol–water partition coefficient (Wildman–Crippen LogP) is 2.75. The second-order valence-corrected chi connectivity index (χ2v) is 3.37. The van der Waals surface area contributed by atoms with Crippen LogP contribution in [0.2, 0.25) is 0 Å². The maximum atomic E-state index is 3.67. The van der Waals surface area contributed by atoms with E-state index in [9.17, 15) is 0 Å². The minimum absolute atomic E-state index is 0.603. The molecule has 1 nitrogen and oxygen atoms in total. The van der Waals surface area contributed by atoms with E-state index in [-0.39, 0.29) is 0 Å². The monoisotopic (exact) mass is 167 g/mol. The first-order valence-electron chi connectivity index (χ1n) is 4.65. The van der Waals surface area contributed by atoms with E-state index in [1.54, 1.807) is 0 Å². The Morgan fingerprint density at radius 2 is 2.00 bits per heavy atom. The third-order valence-electron chi connectivity index (χ3n) is 2.03. The molecular weight excluding hydrogens is 146 g/mol. The van der Waals surface area contributed by atoms with Crippen molar-refractivity contribution in [1.82, 2.24) is 5.32 Å². The Hall–Kier alpha value is -0.560. The molecule has 0 saturated carbocycles. The van der Waals surface area contributed by atoms with E-state index >= 15 is 0 Å². The molecule has 0 aliphatic heterocycles. The Morgan fingerprint density at radius 3 is 2.42 bits per heavy atom. The Balaban J connectivity index is 3.64. The minimum atomic E-state index is 0.603. The summed E-state index contributed by atoms with van der Waals surface area (Å²) < 4.78 is 0. The molecule has 0 aromatic carbocycles. The number of hydrogen-bond donors (Lipinski definition) is 1. The molecule has 0 heterocycles. The van der Waals surface area contributed by atoms with Crippen LogP contribution in [0, 0.1) is 5.92 Å². The lowest BCUT2D eigenvalue weighted by atomic mass is 10.0. The van der Waals surface area contributed by atoms with E-state index < -0.39 is 0 Å². The van der Waals surface area contributed by atoms with Crippen molar-refractivity contribution in [2.45, 2.75) is 32.7 Å². The molecule has 1 unspecified atom stereocenters. The van der Waals surface area contributed by atoms with Gasteiger partial charge in [-0.05, 0) is 25.8 Å². The fourth-order valence-electron chi connectivity index (χ4n) is 1.16. The maximum absolute atomic E-state index is 3.67. The highest BCUT2D eigenvalue weighted by Gasteiger charge is 2.07. The van der Waals surface area contributed by atoms with Crippen molar-refractivity contribution in [3.8, 4) is 0 Å². The highest BCUT2D eigenvalue weighted by atomic mass is 14.9. The standard InChI is InChI=1S/C11H21N/c1-5-6-7-8-9-11(12-4)10(2)3/h5,7-8,10-12H,1,6,9H2,2-4H3/b8-7-. The summed E-state index contributed by atoms with van der Waals surface area (Å²) in [6.45, 7) is 8.14. The van der Waals surface area contributed by atoms with Crippen LogP contribution in [-0.2, 0) is 0 Å². The largest absolute Gasteiger partial charge is 0.316 e. The fourth-order valence-corrected chi connectivity index (χ4v) is 1.16. The normalized spacial score (nSPS) is 14.0. The molecule has 0 bridgehead atoms. The van der Waals surface area contributed by atoms with Crippen molar-refractivity contribution in [3.63, 3.8) is 0 Å². The molecule has 0 aliphatic rings. The van der Waals surface area contributed by atoms with Gasteiger partial charge in [-0.15, -0.1) is 6.58 Å². The van der Waals surface area contributed by atoms with Crippen molar-refractivity contribution >= 4 is 0 Å². The average molecular weight is 167 g/mol. The molecule has 70 valence electrons. The molecule has 1 atom stereocenters. The van der Waals surface area contributed by atoms with Gasteiger partial charge in [-0.3, -0.25) is 0 Å². The van der Waals surface area contributed by atoms with Gasteiger partial charge in [-0.1, -0.05) is 32.1 Å². The summed E-state index contributed by atoms with van der Waals surface area (Å²) in [6.07, 6.45) is 8.40. The Labute approximate surface area is 76.6 Å². The van der Waals surface area contributed by atoms with Gasteiger partial charge in [0.05, 0.1) is 0 Å². The first-order valence-corrected chi connectivity index (χ1v) is 4.65. The van der Waals surface area contributed by atoms with Crippen LogP contribution in [0.1, 0.15) is 26.7 Å². The predicted molar refractivity (Wildman–Crippen MR) is 56.3 cm³/mol. The zero-order valence-corrected chi connectivity index (χ0v) is 8.51. The van der Waals surface area contributed by atoms with Crippen molar-refractivity contribution in [2.24, 2.45) is 5.92 Å². The zero-order valence-electron chi connectivity index (χ0n) is 8.51. The lowest BCUT2D eigenvalue weighted by Crippen LogP contribution is -2.29. The van der Waals surface area contributed by atoms with Gasteiger partial charge in [0.2, 0.25) is 0 Å². The summed E-state index contributed by atoms with van der Waals surface area (Å²) in [5, 5.41) is 3.30. The van der Waals surface area contributed by atoms with E-state index in [2.05, 4.69) is 37.9 Å². The molecule has 0 fully saturated rings. The molecular formula is C11H21N. The van der Waals surface area contributed by atoms with E-state index in [0.717, 1.165) is 12.8 Å². The summed E-state index contributed by atoms with van der Waals surface area (Å²) in [5.74, 6) is 0.698. The summed E-state index contributed by atoms with van der Waals surface area (Å²) in [4.78, 5) is 0. The van der Waals surface area contributed by atoms with Gasteiger partial charge in [0.15, 0.2) is 0 Å². The lowest BCUT2D eigenvalue weighted by Gasteiger charge is -2.17. The Morgan fingerprint density at radius 1 is 1.33 bits per heavy atom. The molecule has 0 aromatic rings. The summed E-state index contributed by atoms with van der Waals surface area (Å²) >= 11 is 0. The molecule has 0 spiro atoms. The topological polar surface area (TPSA) is 12.0 Å². The van der Waals surface area contributed by atoms with E-state index in [0.29, 0.717) is 12.0 Å². The third-order valence-corrected chi connectivity index (χ3v) is 2.03. The summed E-state index contributed by atoms with van der Waals surface area (Å²) in [7, 11) is 2.02. The van der Waals surface area contributed by atoms with Crippen LogP contribution in [0.5, 0.6) is 0 Å². The molecule has 1 heteroatoms. The Bertz CT molecular complexity index is 136. The van der Waals surface area contributed by atoms with Crippen molar-refractivity contribution in [2.75, 3.05) is 7.05 Å². The first-order chi connectivity index (χ1) is 5.72. The molecule has 0 saturated heterocycles. The van der Waals surface area contributed by atoms with E-state index in [1.807, 2.05) is 13.1 Å². The summed E-state index contributed by atoms with van der Waals surface area (Å²) in [6, 6.07) is 0.603. The van der Waals surface area contributed by atoms with Crippen LogP contribution in [0.15, 0.2) is 24.8 Å². The zero-order chi connectivity index (χ0) is 9.40. The van der Waals surface area contributed by atoms with Crippen LogP contribution >= 0.6 is 0 Å². The third kappa shape index (κ3) is 5.14. The maximum Gasteiger partial charge on any atom is 0.0121 e. The van der Waals surface area contributed by atoms with Gasteiger partial charge >= 0.3 is 0 Å². The summed E-state index contributed by atoms with van der Waals surface area (Å²) in [5.41, 5.74) is 0. The highest BCUT2D eigenvalue weighted by Crippen LogP contribution is 2.06. The van der Waals surface area contributed by atoms with Gasteiger partial charge in [-0.2, -0.15) is 0 Å². The van der Waals surface area contributed by atoms with Crippen LogP contribution in [-0.4, -0.2) is 13.1 Å². The quantitative estimate of drug-likeness (QED) is 0.600. The number of nitrogens with one attached hydrogen (secondary N) is 1. The molecule has 1 N–H and O–H groups in total. The van der Waals surface area contributed by atoms with Crippen LogP contribution in [0.4, 0.5) is 0 Å². The van der Waals surface area contributed by atoms with Crippen molar-refractivity contribution in [1.29, 1.82) is 0 Å². The molecule has 0 rings (SSSR count). The lowest BCUT2D eigenvalue weighted by molar-refractivity contribution is 0.430. The number of allylic oxidation sites excluding steroid dienone is 2. The molecule has 0 radical (unpaired) electrons. The highest BCUT2D eigenvalue weighted by molar-refractivity contribution is 4.91. The van der Waals surface area contributed by atoms with Gasteiger partial charge in [0.25, 0.3) is 0 Å². The smallest absolute Gasteiger partial charge is 0.0121 e. The second-order valence-electron chi connectivity index (χ2n) is 3.37. The Kier molecular flexibility index (Phi) is 6.78. The first kappa shape index (κ1) is 11.4. The van der Waals surface area contributed by atoms with Crippen LogP contribution in [0.25, 0.3) is 0 Å². The van der Waals surface area contributed by atoms with Gasteiger partial charge in [0.1, 0.15) is 0 Å². The van der Waals surface area contributed by atoms with Gasteiger partial charge in [0, 0.05) is 6.04 Å². The second kappa shape index (κ2) is 7.11. The fraction of sp³-hybridized carbons (Fsp3) is 0.636. The molecule has 12 heavy (non-hydrogen) atoms. The minimum Gasteiger partial charge on any atom is -0.316 e. The van der Waals surface area contributed by atoms with E-state index in [1.165, 1.54) is 0 Å². The molecule has 0 aliphatic carbocycles. The number of hydrogen-bond acceptors (Lipinski definition) is 1. The number of rotatable bonds is 6.